The van der Waals surface area contributed by atoms with Gasteiger partial charge in [0, 0.05) is 26.8 Å². The SMILES string of the molecule is Cc1cc2cc(NS(=O)(=O)c3cc(Br)ccc3C)ccc2[nH]1. The normalized spacial score (nSPS) is 11.8. The molecule has 0 amide bonds. The summed E-state index contributed by atoms with van der Waals surface area (Å²) < 4.78 is 28.5. The van der Waals surface area contributed by atoms with Gasteiger partial charge in [-0.05, 0) is 55.8 Å². The molecule has 0 spiro atoms. The number of sulfonamides is 1. The molecule has 3 aromatic rings. The quantitative estimate of drug-likeness (QED) is 0.711. The summed E-state index contributed by atoms with van der Waals surface area (Å²) in [6.45, 7) is 3.74. The predicted octanol–water partition coefficient (Wildman–Crippen LogP) is 4.35. The Kier molecular flexibility index (Phi) is 3.74. The van der Waals surface area contributed by atoms with Crippen molar-refractivity contribution in [3.05, 3.63) is 58.2 Å². The standard InChI is InChI=1S/C16H15BrN2O2S/c1-10-3-4-13(17)9-16(10)22(20,21)19-14-5-6-15-12(8-14)7-11(2)18-15/h3-9,18-19H,1-2H3. The number of rotatable bonds is 3. The molecule has 114 valence electrons. The zero-order chi connectivity index (χ0) is 15.9. The van der Waals surface area contributed by atoms with Crippen molar-refractivity contribution in [1.29, 1.82) is 0 Å². The second-order valence-electron chi connectivity index (χ2n) is 5.27. The van der Waals surface area contributed by atoms with Crippen LogP contribution in [0.15, 0.2) is 51.8 Å². The number of nitrogens with one attached hydrogen (secondary N) is 2. The van der Waals surface area contributed by atoms with Crippen LogP contribution in [0.4, 0.5) is 5.69 Å². The van der Waals surface area contributed by atoms with Crippen molar-refractivity contribution >= 4 is 42.5 Å². The smallest absolute Gasteiger partial charge is 0.262 e. The number of halogens is 1. The van der Waals surface area contributed by atoms with E-state index < -0.39 is 10.0 Å². The Bertz CT molecular complexity index is 961. The fourth-order valence-electron chi connectivity index (χ4n) is 2.41. The highest BCUT2D eigenvalue weighted by atomic mass is 79.9. The average molecular weight is 379 g/mol. The van der Waals surface area contributed by atoms with E-state index >= 15 is 0 Å². The van der Waals surface area contributed by atoms with E-state index in [2.05, 4.69) is 25.6 Å². The molecular weight excluding hydrogens is 364 g/mol. The summed E-state index contributed by atoms with van der Waals surface area (Å²) in [5.41, 5.74) is 3.28. The Morgan fingerprint density at radius 2 is 1.82 bits per heavy atom. The minimum absolute atomic E-state index is 0.271. The number of aromatic nitrogens is 1. The number of H-pyrrole nitrogens is 1. The molecule has 2 aromatic carbocycles. The van der Waals surface area contributed by atoms with E-state index in [-0.39, 0.29) is 4.90 Å². The predicted molar refractivity (Wildman–Crippen MR) is 92.7 cm³/mol. The summed E-state index contributed by atoms with van der Waals surface area (Å²) in [6, 6.07) is 12.6. The van der Waals surface area contributed by atoms with E-state index in [1.807, 2.05) is 31.2 Å². The lowest BCUT2D eigenvalue weighted by Gasteiger charge is -2.11. The van der Waals surface area contributed by atoms with Crippen molar-refractivity contribution in [3.8, 4) is 0 Å². The van der Waals surface area contributed by atoms with Crippen LogP contribution in [-0.4, -0.2) is 13.4 Å². The van der Waals surface area contributed by atoms with E-state index in [1.54, 1.807) is 25.1 Å². The molecule has 3 rings (SSSR count). The molecule has 0 aliphatic heterocycles. The van der Waals surface area contributed by atoms with Gasteiger partial charge in [0.2, 0.25) is 0 Å². The fourth-order valence-corrected chi connectivity index (χ4v) is 4.25. The first-order valence-corrected chi connectivity index (χ1v) is 9.01. The number of hydrogen-bond acceptors (Lipinski definition) is 2. The van der Waals surface area contributed by atoms with Crippen LogP contribution in [-0.2, 0) is 10.0 Å². The van der Waals surface area contributed by atoms with E-state index in [9.17, 15) is 8.42 Å². The highest BCUT2D eigenvalue weighted by Gasteiger charge is 2.17. The van der Waals surface area contributed by atoms with Crippen LogP contribution in [0.5, 0.6) is 0 Å². The second kappa shape index (κ2) is 5.44. The zero-order valence-electron chi connectivity index (χ0n) is 12.1. The van der Waals surface area contributed by atoms with Gasteiger partial charge in [0.25, 0.3) is 10.0 Å². The molecule has 0 aliphatic rings. The third kappa shape index (κ3) is 2.89. The van der Waals surface area contributed by atoms with Crippen LogP contribution in [0.3, 0.4) is 0 Å². The molecule has 0 radical (unpaired) electrons. The highest BCUT2D eigenvalue weighted by molar-refractivity contribution is 9.10. The molecule has 0 unspecified atom stereocenters. The Morgan fingerprint density at radius 1 is 1.05 bits per heavy atom. The highest BCUT2D eigenvalue weighted by Crippen LogP contribution is 2.25. The first kappa shape index (κ1) is 15.1. The van der Waals surface area contributed by atoms with Gasteiger partial charge in [0.05, 0.1) is 4.90 Å². The second-order valence-corrected chi connectivity index (χ2v) is 7.84. The van der Waals surface area contributed by atoms with E-state index in [4.69, 9.17) is 0 Å². The molecule has 0 saturated carbocycles. The first-order chi connectivity index (χ1) is 10.3. The largest absolute Gasteiger partial charge is 0.359 e. The van der Waals surface area contributed by atoms with Gasteiger partial charge < -0.3 is 4.98 Å². The number of hydrogen-bond donors (Lipinski definition) is 2. The Hall–Kier alpha value is -1.79. The molecular formula is C16H15BrN2O2S. The third-order valence-corrected chi connectivity index (χ3v) is 5.46. The van der Waals surface area contributed by atoms with Crippen molar-refractivity contribution in [2.45, 2.75) is 18.7 Å². The minimum atomic E-state index is -3.62. The van der Waals surface area contributed by atoms with Gasteiger partial charge in [-0.15, -0.1) is 0 Å². The fraction of sp³-hybridized carbons (Fsp3) is 0.125. The minimum Gasteiger partial charge on any atom is -0.359 e. The lowest BCUT2D eigenvalue weighted by molar-refractivity contribution is 0.600. The number of aromatic amines is 1. The first-order valence-electron chi connectivity index (χ1n) is 6.73. The van der Waals surface area contributed by atoms with E-state index in [1.165, 1.54) is 0 Å². The van der Waals surface area contributed by atoms with Crippen molar-refractivity contribution in [2.75, 3.05) is 4.72 Å². The Balaban J connectivity index is 2.00. The monoisotopic (exact) mass is 378 g/mol. The molecule has 0 bridgehead atoms. The van der Waals surface area contributed by atoms with Gasteiger partial charge in [-0.3, -0.25) is 4.72 Å². The van der Waals surface area contributed by atoms with Gasteiger partial charge in [0.1, 0.15) is 0 Å². The molecule has 0 saturated heterocycles. The molecule has 1 heterocycles. The molecule has 4 nitrogen and oxygen atoms in total. The lowest BCUT2D eigenvalue weighted by Crippen LogP contribution is -2.14. The lowest BCUT2D eigenvalue weighted by atomic mass is 10.2. The summed E-state index contributed by atoms with van der Waals surface area (Å²) in [4.78, 5) is 3.48. The topological polar surface area (TPSA) is 62.0 Å². The maximum atomic E-state index is 12.6. The average Bonchev–Trinajstić information content (AvgIpc) is 2.80. The molecule has 1 aromatic heterocycles. The molecule has 2 N–H and O–H groups in total. The summed E-state index contributed by atoms with van der Waals surface area (Å²) >= 11 is 3.31. The van der Waals surface area contributed by atoms with Gasteiger partial charge in [-0.25, -0.2) is 8.42 Å². The Morgan fingerprint density at radius 3 is 2.59 bits per heavy atom. The van der Waals surface area contributed by atoms with Crippen LogP contribution in [0.1, 0.15) is 11.3 Å². The van der Waals surface area contributed by atoms with E-state index in [0.29, 0.717) is 11.3 Å². The molecule has 6 heteroatoms. The number of aryl methyl sites for hydroxylation is 2. The molecule has 0 fully saturated rings. The number of benzene rings is 2. The van der Waals surface area contributed by atoms with E-state index in [0.717, 1.165) is 21.1 Å². The van der Waals surface area contributed by atoms with Crippen molar-refractivity contribution in [1.82, 2.24) is 4.98 Å². The van der Waals surface area contributed by atoms with Gasteiger partial charge >= 0.3 is 0 Å². The maximum absolute atomic E-state index is 12.6. The summed E-state index contributed by atoms with van der Waals surface area (Å²) in [7, 11) is -3.62. The summed E-state index contributed by atoms with van der Waals surface area (Å²) in [5, 5.41) is 0.976. The van der Waals surface area contributed by atoms with Crippen molar-refractivity contribution in [3.63, 3.8) is 0 Å². The Labute approximate surface area is 137 Å². The summed E-state index contributed by atoms with van der Waals surface area (Å²) in [6.07, 6.45) is 0. The van der Waals surface area contributed by atoms with Crippen molar-refractivity contribution in [2.24, 2.45) is 0 Å². The molecule has 22 heavy (non-hydrogen) atoms. The summed E-state index contributed by atoms with van der Waals surface area (Å²) in [5.74, 6) is 0. The molecule has 0 aliphatic carbocycles. The van der Waals surface area contributed by atoms with Crippen LogP contribution in [0, 0.1) is 13.8 Å². The van der Waals surface area contributed by atoms with Crippen LogP contribution < -0.4 is 4.72 Å². The van der Waals surface area contributed by atoms with Crippen LogP contribution in [0.2, 0.25) is 0 Å². The number of anilines is 1. The van der Waals surface area contributed by atoms with Crippen molar-refractivity contribution < 1.29 is 8.42 Å². The number of fused-ring (bicyclic) bond motifs is 1. The van der Waals surface area contributed by atoms with Crippen LogP contribution >= 0.6 is 15.9 Å². The van der Waals surface area contributed by atoms with Gasteiger partial charge in [-0.2, -0.15) is 0 Å². The molecule has 0 atom stereocenters. The van der Waals surface area contributed by atoms with Gasteiger partial charge in [0.15, 0.2) is 0 Å². The maximum Gasteiger partial charge on any atom is 0.262 e. The van der Waals surface area contributed by atoms with Gasteiger partial charge in [-0.1, -0.05) is 22.0 Å². The van der Waals surface area contributed by atoms with Crippen LogP contribution in [0.25, 0.3) is 10.9 Å². The zero-order valence-corrected chi connectivity index (χ0v) is 14.5. The third-order valence-electron chi connectivity index (χ3n) is 3.45.